The lowest BCUT2D eigenvalue weighted by molar-refractivity contribution is 0.570. The number of para-hydroxylation sites is 1. The summed E-state index contributed by atoms with van der Waals surface area (Å²) in [7, 11) is -4.39. The summed E-state index contributed by atoms with van der Waals surface area (Å²) in [6.07, 6.45) is 0. The van der Waals surface area contributed by atoms with Gasteiger partial charge in [0.1, 0.15) is 10.7 Å². The van der Waals surface area contributed by atoms with Crippen LogP contribution in [0, 0.1) is 11.6 Å². The third kappa shape index (κ3) is 3.28. The number of sulfonamides is 1. The van der Waals surface area contributed by atoms with Gasteiger partial charge in [-0.2, -0.15) is 0 Å². The molecule has 0 atom stereocenters. The summed E-state index contributed by atoms with van der Waals surface area (Å²) in [5.41, 5.74) is 5.08. The molecular weight excluding hydrogens is 390 g/mol. The third-order valence-corrected chi connectivity index (χ3v) is 4.79. The lowest BCUT2D eigenvalue weighted by atomic mass is 10.3. The summed E-state index contributed by atoms with van der Waals surface area (Å²) < 4.78 is 54.0. The molecule has 0 radical (unpaired) electrons. The Morgan fingerprint density at radius 2 is 1.90 bits per heavy atom. The molecule has 112 valence electrons. The van der Waals surface area contributed by atoms with Gasteiger partial charge in [0.15, 0.2) is 5.82 Å². The van der Waals surface area contributed by atoms with E-state index in [1.165, 1.54) is 12.1 Å². The van der Waals surface area contributed by atoms with Gasteiger partial charge in [0, 0.05) is 10.2 Å². The fourth-order valence-electron chi connectivity index (χ4n) is 1.56. The molecule has 4 nitrogen and oxygen atoms in total. The Hall–Kier alpha value is -1.38. The van der Waals surface area contributed by atoms with E-state index >= 15 is 0 Å². The molecule has 0 aliphatic heterocycles. The van der Waals surface area contributed by atoms with Crippen molar-refractivity contribution in [2.75, 3.05) is 10.5 Å². The fourth-order valence-corrected chi connectivity index (χ4v) is 3.64. The van der Waals surface area contributed by atoms with Crippen LogP contribution < -0.4 is 10.5 Å². The van der Waals surface area contributed by atoms with E-state index in [4.69, 9.17) is 17.3 Å². The van der Waals surface area contributed by atoms with Crippen LogP contribution in [-0.2, 0) is 10.0 Å². The Labute approximate surface area is 133 Å². The Morgan fingerprint density at radius 3 is 2.52 bits per heavy atom. The first kappa shape index (κ1) is 16.0. The summed E-state index contributed by atoms with van der Waals surface area (Å²) in [4.78, 5) is -0.761. The lowest BCUT2D eigenvalue weighted by Gasteiger charge is -2.12. The van der Waals surface area contributed by atoms with Gasteiger partial charge in [0.05, 0.1) is 10.7 Å². The SMILES string of the molecule is Nc1cc(Cl)c(F)c(S(=O)(=O)Nc2c(F)cccc2Br)c1. The number of halogens is 4. The van der Waals surface area contributed by atoms with Crippen LogP contribution in [0.1, 0.15) is 0 Å². The molecule has 9 heteroatoms. The van der Waals surface area contributed by atoms with Crippen molar-refractivity contribution in [1.82, 2.24) is 0 Å². The van der Waals surface area contributed by atoms with Gasteiger partial charge in [-0.1, -0.05) is 17.7 Å². The average Bonchev–Trinajstić information content (AvgIpc) is 2.38. The highest BCUT2D eigenvalue weighted by molar-refractivity contribution is 9.10. The Morgan fingerprint density at radius 1 is 1.24 bits per heavy atom. The standard InChI is InChI=1S/C12H8BrClF2N2O2S/c13-7-2-1-3-9(15)12(7)18-21(19,20)10-5-6(17)4-8(14)11(10)16/h1-5,18H,17H2. The molecule has 0 unspecified atom stereocenters. The first-order chi connectivity index (χ1) is 9.72. The van der Waals surface area contributed by atoms with Crippen molar-refractivity contribution in [3.05, 3.63) is 51.5 Å². The quantitative estimate of drug-likeness (QED) is 0.775. The Bertz CT molecular complexity index is 795. The van der Waals surface area contributed by atoms with E-state index in [-0.39, 0.29) is 15.8 Å². The summed E-state index contributed by atoms with van der Waals surface area (Å²) >= 11 is 8.57. The zero-order chi connectivity index (χ0) is 15.8. The molecule has 0 saturated carbocycles. The van der Waals surface area contributed by atoms with Gasteiger partial charge in [-0.05, 0) is 40.2 Å². The smallest absolute Gasteiger partial charge is 0.265 e. The van der Waals surface area contributed by atoms with Crippen molar-refractivity contribution < 1.29 is 17.2 Å². The predicted octanol–water partition coefficient (Wildman–Crippen LogP) is 3.76. The molecule has 0 saturated heterocycles. The maximum absolute atomic E-state index is 13.9. The molecule has 0 aliphatic rings. The zero-order valence-corrected chi connectivity index (χ0v) is 13.4. The Balaban J connectivity index is 2.54. The number of rotatable bonds is 3. The molecule has 21 heavy (non-hydrogen) atoms. The predicted molar refractivity (Wildman–Crippen MR) is 80.7 cm³/mol. The number of nitrogen functional groups attached to an aromatic ring is 1. The van der Waals surface area contributed by atoms with Gasteiger partial charge < -0.3 is 5.73 Å². The minimum Gasteiger partial charge on any atom is -0.399 e. The van der Waals surface area contributed by atoms with Crippen molar-refractivity contribution >= 4 is 48.9 Å². The third-order valence-electron chi connectivity index (χ3n) is 2.51. The maximum atomic E-state index is 13.9. The van der Waals surface area contributed by atoms with Crippen LogP contribution in [0.4, 0.5) is 20.2 Å². The van der Waals surface area contributed by atoms with Gasteiger partial charge in [-0.3, -0.25) is 4.72 Å². The largest absolute Gasteiger partial charge is 0.399 e. The van der Waals surface area contributed by atoms with Crippen molar-refractivity contribution in [3.63, 3.8) is 0 Å². The van der Waals surface area contributed by atoms with Gasteiger partial charge in [-0.25, -0.2) is 17.2 Å². The van der Waals surface area contributed by atoms with Gasteiger partial charge in [0.2, 0.25) is 0 Å². The molecule has 0 amide bonds. The summed E-state index contributed by atoms with van der Waals surface area (Å²) in [5, 5.41) is -0.442. The van der Waals surface area contributed by atoms with Crippen molar-refractivity contribution in [1.29, 1.82) is 0 Å². The molecule has 0 aliphatic carbocycles. The summed E-state index contributed by atoms with van der Waals surface area (Å²) in [6, 6.07) is 5.86. The molecule has 0 aromatic heterocycles. The average molecular weight is 398 g/mol. The van der Waals surface area contributed by atoms with Crippen molar-refractivity contribution in [2.45, 2.75) is 4.90 Å². The van der Waals surface area contributed by atoms with Crippen LogP contribution in [0.15, 0.2) is 39.7 Å². The molecule has 0 spiro atoms. The molecule has 0 bridgehead atoms. The van der Waals surface area contributed by atoms with Crippen LogP contribution >= 0.6 is 27.5 Å². The normalized spacial score (nSPS) is 11.4. The molecule has 0 fully saturated rings. The molecule has 2 aromatic carbocycles. The number of nitrogens with one attached hydrogen (secondary N) is 1. The topological polar surface area (TPSA) is 72.2 Å². The van der Waals surface area contributed by atoms with E-state index in [0.29, 0.717) is 0 Å². The first-order valence-electron chi connectivity index (χ1n) is 5.43. The highest BCUT2D eigenvalue weighted by Crippen LogP contribution is 2.30. The van der Waals surface area contributed by atoms with Crippen molar-refractivity contribution in [2.24, 2.45) is 0 Å². The number of hydrogen-bond acceptors (Lipinski definition) is 3. The van der Waals surface area contributed by atoms with E-state index in [2.05, 4.69) is 15.9 Å². The molecule has 0 heterocycles. The maximum Gasteiger partial charge on any atom is 0.265 e. The zero-order valence-electron chi connectivity index (χ0n) is 10.2. The van der Waals surface area contributed by atoms with Gasteiger partial charge in [-0.15, -0.1) is 0 Å². The van der Waals surface area contributed by atoms with Crippen LogP contribution in [0.3, 0.4) is 0 Å². The van der Waals surface area contributed by atoms with Gasteiger partial charge >= 0.3 is 0 Å². The minimum atomic E-state index is -4.39. The fraction of sp³-hybridized carbons (Fsp3) is 0. The number of nitrogens with two attached hydrogens (primary N) is 1. The Kier molecular flexibility index (Phi) is 4.40. The van der Waals surface area contributed by atoms with E-state index < -0.39 is 31.6 Å². The lowest BCUT2D eigenvalue weighted by Crippen LogP contribution is -2.16. The monoisotopic (exact) mass is 396 g/mol. The summed E-state index contributed by atoms with van der Waals surface area (Å²) in [6.45, 7) is 0. The van der Waals surface area contributed by atoms with E-state index in [1.807, 2.05) is 4.72 Å². The van der Waals surface area contributed by atoms with Gasteiger partial charge in [0.25, 0.3) is 10.0 Å². The second-order valence-electron chi connectivity index (χ2n) is 4.02. The molecular formula is C12H8BrClF2N2O2S. The minimum absolute atomic E-state index is 0.0330. The number of hydrogen-bond donors (Lipinski definition) is 2. The molecule has 3 N–H and O–H groups in total. The van der Waals surface area contributed by atoms with E-state index in [1.54, 1.807) is 0 Å². The molecule has 2 rings (SSSR count). The highest BCUT2D eigenvalue weighted by Gasteiger charge is 2.24. The number of benzene rings is 2. The molecule has 2 aromatic rings. The van der Waals surface area contributed by atoms with Crippen LogP contribution in [-0.4, -0.2) is 8.42 Å². The second kappa shape index (κ2) is 5.78. The van der Waals surface area contributed by atoms with Crippen LogP contribution in [0.2, 0.25) is 5.02 Å². The second-order valence-corrected chi connectivity index (χ2v) is 6.93. The van der Waals surface area contributed by atoms with Crippen molar-refractivity contribution in [3.8, 4) is 0 Å². The van der Waals surface area contributed by atoms with Crippen LogP contribution in [0.25, 0.3) is 0 Å². The van der Waals surface area contributed by atoms with Crippen LogP contribution in [0.5, 0.6) is 0 Å². The van der Waals surface area contributed by atoms with E-state index in [9.17, 15) is 17.2 Å². The number of anilines is 2. The highest BCUT2D eigenvalue weighted by atomic mass is 79.9. The van der Waals surface area contributed by atoms with E-state index in [0.717, 1.165) is 18.2 Å². The summed E-state index contributed by atoms with van der Waals surface area (Å²) in [5.74, 6) is -1.98. The first-order valence-corrected chi connectivity index (χ1v) is 8.09.